The molecule has 2 heterocycles. The minimum absolute atomic E-state index is 0.181. The van der Waals surface area contributed by atoms with Crippen molar-refractivity contribution in [2.24, 2.45) is 5.92 Å². The Kier molecular flexibility index (Phi) is 5.94. The first-order chi connectivity index (χ1) is 16.0. The monoisotopic (exact) mass is 444 g/mol. The number of rotatable bonds is 7. The Morgan fingerprint density at radius 3 is 2.55 bits per heavy atom. The molecule has 5 rings (SSSR count). The Morgan fingerprint density at radius 2 is 1.79 bits per heavy atom. The molecule has 0 spiro atoms. The van der Waals surface area contributed by atoms with Gasteiger partial charge in [-0.1, -0.05) is 30.3 Å². The van der Waals surface area contributed by atoms with Crippen LogP contribution < -0.4 is 4.90 Å². The van der Waals surface area contributed by atoms with Gasteiger partial charge in [0.05, 0.1) is 6.54 Å². The highest BCUT2D eigenvalue weighted by molar-refractivity contribution is 5.95. The van der Waals surface area contributed by atoms with Crippen LogP contribution in [-0.2, 0) is 24.3 Å². The maximum absolute atomic E-state index is 13.6. The van der Waals surface area contributed by atoms with E-state index in [4.69, 9.17) is 9.97 Å². The van der Waals surface area contributed by atoms with Crippen molar-refractivity contribution in [2.75, 3.05) is 18.5 Å². The SMILES string of the molecule is Cc1nc(CN(C)Cc2cccc(-c3cccc(F)c3)c2)nc2c1CCC(=O)N2CC1CC1. The Morgan fingerprint density at radius 1 is 1.03 bits per heavy atom. The van der Waals surface area contributed by atoms with Gasteiger partial charge >= 0.3 is 0 Å². The molecule has 5 nitrogen and oxygen atoms in total. The summed E-state index contributed by atoms with van der Waals surface area (Å²) in [4.78, 5) is 26.3. The van der Waals surface area contributed by atoms with Crippen molar-refractivity contribution in [1.82, 2.24) is 14.9 Å². The summed E-state index contributed by atoms with van der Waals surface area (Å²) in [6.07, 6.45) is 3.68. The molecule has 0 atom stereocenters. The highest BCUT2D eigenvalue weighted by Gasteiger charge is 2.33. The quantitative estimate of drug-likeness (QED) is 0.519. The number of benzene rings is 2. The van der Waals surface area contributed by atoms with E-state index in [-0.39, 0.29) is 11.7 Å². The summed E-state index contributed by atoms with van der Waals surface area (Å²) < 4.78 is 13.6. The lowest BCUT2D eigenvalue weighted by Gasteiger charge is -2.29. The van der Waals surface area contributed by atoms with E-state index in [9.17, 15) is 9.18 Å². The smallest absolute Gasteiger partial charge is 0.228 e. The van der Waals surface area contributed by atoms with Crippen LogP contribution in [0.5, 0.6) is 0 Å². The molecule has 2 aliphatic rings. The Labute approximate surface area is 194 Å². The van der Waals surface area contributed by atoms with Crippen molar-refractivity contribution in [2.45, 2.75) is 45.7 Å². The number of carbonyl (C=O) groups excluding carboxylic acids is 1. The first-order valence-electron chi connectivity index (χ1n) is 11.7. The van der Waals surface area contributed by atoms with E-state index in [0.717, 1.165) is 52.6 Å². The number of hydrogen-bond donors (Lipinski definition) is 0. The average molecular weight is 445 g/mol. The predicted molar refractivity (Wildman–Crippen MR) is 127 cm³/mol. The minimum Gasteiger partial charge on any atom is -0.296 e. The van der Waals surface area contributed by atoms with Gasteiger partial charge in [-0.15, -0.1) is 0 Å². The van der Waals surface area contributed by atoms with Crippen LogP contribution in [0.15, 0.2) is 48.5 Å². The standard InChI is InChI=1S/C27H29FN4O/c1-18-24-11-12-26(33)32(16-19-9-10-19)27(24)30-25(29-18)17-31(2)15-20-5-3-6-21(13-20)22-7-4-8-23(28)14-22/h3-8,13-14,19H,9-12,15-17H2,1-2H3. The molecule has 0 N–H and O–H groups in total. The minimum atomic E-state index is -0.232. The number of fused-ring (bicyclic) bond motifs is 1. The first kappa shape index (κ1) is 21.7. The second kappa shape index (κ2) is 9.02. The number of amides is 1. The Balaban J connectivity index is 1.33. The molecule has 1 fully saturated rings. The fourth-order valence-electron chi connectivity index (χ4n) is 4.58. The van der Waals surface area contributed by atoms with Crippen LogP contribution in [0, 0.1) is 18.7 Å². The van der Waals surface area contributed by atoms with Crippen LogP contribution in [0.25, 0.3) is 11.1 Å². The Bertz CT molecular complexity index is 1190. The van der Waals surface area contributed by atoms with Crippen LogP contribution in [0.2, 0.25) is 0 Å². The largest absolute Gasteiger partial charge is 0.296 e. The summed E-state index contributed by atoms with van der Waals surface area (Å²) in [6.45, 7) is 4.11. The predicted octanol–water partition coefficient (Wildman–Crippen LogP) is 4.91. The zero-order valence-electron chi connectivity index (χ0n) is 19.2. The van der Waals surface area contributed by atoms with Gasteiger partial charge in [0.15, 0.2) is 0 Å². The van der Waals surface area contributed by atoms with Crippen LogP contribution in [0.4, 0.5) is 10.2 Å². The summed E-state index contributed by atoms with van der Waals surface area (Å²) >= 11 is 0. The topological polar surface area (TPSA) is 49.3 Å². The van der Waals surface area contributed by atoms with E-state index in [0.29, 0.717) is 25.4 Å². The number of halogens is 1. The second-order valence-electron chi connectivity index (χ2n) is 9.36. The molecule has 3 aromatic rings. The summed E-state index contributed by atoms with van der Waals surface area (Å²) in [6, 6.07) is 14.8. The van der Waals surface area contributed by atoms with Crippen molar-refractivity contribution in [3.8, 4) is 11.1 Å². The van der Waals surface area contributed by atoms with Gasteiger partial charge in [0, 0.05) is 30.8 Å². The van der Waals surface area contributed by atoms with Gasteiger partial charge in [-0.25, -0.2) is 14.4 Å². The molecule has 1 aliphatic heterocycles. The molecule has 1 aromatic heterocycles. The van der Waals surface area contributed by atoms with Gasteiger partial charge in [0.1, 0.15) is 17.5 Å². The van der Waals surface area contributed by atoms with Crippen LogP contribution in [0.1, 0.15) is 41.9 Å². The lowest BCUT2D eigenvalue weighted by atomic mass is 10.0. The fourth-order valence-corrected chi connectivity index (χ4v) is 4.58. The van der Waals surface area contributed by atoms with Crippen molar-refractivity contribution in [3.05, 3.63) is 77.0 Å². The van der Waals surface area contributed by atoms with Gasteiger partial charge in [0.2, 0.25) is 5.91 Å². The molecule has 6 heteroatoms. The normalized spacial score (nSPS) is 15.8. The third kappa shape index (κ3) is 4.96. The third-order valence-corrected chi connectivity index (χ3v) is 6.47. The summed E-state index contributed by atoms with van der Waals surface area (Å²) in [5.41, 5.74) is 5.10. The molecule has 0 radical (unpaired) electrons. The van der Waals surface area contributed by atoms with Gasteiger partial charge < -0.3 is 0 Å². The number of aryl methyl sites for hydroxylation is 1. The summed E-state index contributed by atoms with van der Waals surface area (Å²) in [5, 5.41) is 0. The molecule has 1 amide bonds. The molecule has 2 aromatic carbocycles. The van der Waals surface area contributed by atoms with Gasteiger partial charge in [0.25, 0.3) is 0 Å². The van der Waals surface area contributed by atoms with Crippen LogP contribution in [-0.4, -0.2) is 34.4 Å². The molecular formula is C27H29FN4O. The number of hydrogen-bond acceptors (Lipinski definition) is 4. The van der Waals surface area contributed by atoms with Gasteiger partial charge in [-0.05, 0) is 74.0 Å². The van der Waals surface area contributed by atoms with Crippen molar-refractivity contribution < 1.29 is 9.18 Å². The van der Waals surface area contributed by atoms with E-state index >= 15 is 0 Å². The maximum Gasteiger partial charge on any atom is 0.228 e. The molecule has 0 saturated heterocycles. The van der Waals surface area contributed by atoms with Gasteiger partial charge in [-0.2, -0.15) is 0 Å². The zero-order valence-corrected chi connectivity index (χ0v) is 19.2. The van der Waals surface area contributed by atoms with Gasteiger partial charge in [-0.3, -0.25) is 14.6 Å². The zero-order chi connectivity index (χ0) is 22.9. The van der Waals surface area contributed by atoms with E-state index in [1.54, 1.807) is 12.1 Å². The van der Waals surface area contributed by atoms with Crippen LogP contribution >= 0.6 is 0 Å². The fraction of sp³-hybridized carbons (Fsp3) is 0.370. The maximum atomic E-state index is 13.6. The molecule has 1 saturated carbocycles. The molecule has 0 bridgehead atoms. The lowest BCUT2D eigenvalue weighted by Crippen LogP contribution is -2.38. The number of anilines is 1. The summed E-state index contributed by atoms with van der Waals surface area (Å²) in [5.74, 6) is 2.13. The number of aromatic nitrogens is 2. The first-order valence-corrected chi connectivity index (χ1v) is 11.7. The van der Waals surface area contributed by atoms with E-state index in [1.807, 2.05) is 37.1 Å². The molecular weight excluding hydrogens is 415 g/mol. The van der Waals surface area contributed by atoms with E-state index < -0.39 is 0 Å². The lowest BCUT2D eigenvalue weighted by molar-refractivity contribution is -0.119. The van der Waals surface area contributed by atoms with Crippen molar-refractivity contribution >= 4 is 11.7 Å². The van der Waals surface area contributed by atoms with Crippen molar-refractivity contribution in [3.63, 3.8) is 0 Å². The molecule has 33 heavy (non-hydrogen) atoms. The number of nitrogens with zero attached hydrogens (tertiary/aromatic N) is 4. The van der Waals surface area contributed by atoms with E-state index in [1.165, 1.54) is 18.9 Å². The van der Waals surface area contributed by atoms with E-state index in [2.05, 4.69) is 17.0 Å². The number of carbonyl (C=O) groups is 1. The average Bonchev–Trinajstić information content (AvgIpc) is 3.60. The second-order valence-corrected chi connectivity index (χ2v) is 9.36. The molecule has 1 aliphatic carbocycles. The highest BCUT2D eigenvalue weighted by Crippen LogP contribution is 2.35. The molecule has 0 unspecified atom stereocenters. The van der Waals surface area contributed by atoms with Crippen molar-refractivity contribution in [1.29, 1.82) is 0 Å². The third-order valence-electron chi connectivity index (χ3n) is 6.47. The Hall–Kier alpha value is -3.12. The summed E-state index contributed by atoms with van der Waals surface area (Å²) in [7, 11) is 2.04. The highest BCUT2D eigenvalue weighted by atomic mass is 19.1. The molecule has 170 valence electrons. The van der Waals surface area contributed by atoms with Crippen LogP contribution in [0.3, 0.4) is 0 Å².